The zero-order valence-electron chi connectivity index (χ0n) is 13.5. The highest BCUT2D eigenvalue weighted by atomic mass is 35.5. The molecule has 1 aromatic carbocycles. The van der Waals surface area contributed by atoms with Gasteiger partial charge in [0, 0.05) is 19.1 Å². The summed E-state index contributed by atoms with van der Waals surface area (Å²) in [5.74, 6) is 0. The largest absolute Gasteiger partial charge is 0.308 e. The third-order valence-corrected chi connectivity index (χ3v) is 4.54. The summed E-state index contributed by atoms with van der Waals surface area (Å²) in [4.78, 5) is 2.46. The van der Waals surface area contributed by atoms with Gasteiger partial charge in [0.25, 0.3) is 0 Å². The number of rotatable bonds is 5. The molecule has 1 fully saturated rings. The lowest BCUT2D eigenvalue weighted by Gasteiger charge is -2.32. The van der Waals surface area contributed by atoms with Crippen LogP contribution in [0.4, 0.5) is 0 Å². The van der Waals surface area contributed by atoms with Crippen molar-refractivity contribution in [3.8, 4) is 6.07 Å². The number of halogens is 1. The van der Waals surface area contributed by atoms with E-state index in [1.54, 1.807) is 6.07 Å². The van der Waals surface area contributed by atoms with Crippen molar-refractivity contribution in [3.63, 3.8) is 0 Å². The maximum Gasteiger partial charge on any atom is 0.151 e. The van der Waals surface area contributed by atoms with Crippen molar-refractivity contribution in [2.45, 2.75) is 32.0 Å². The first-order valence-electron chi connectivity index (χ1n) is 8.16. The van der Waals surface area contributed by atoms with Gasteiger partial charge in [-0.25, -0.2) is 0 Å². The number of hydrogen-bond acceptors (Lipinski definition) is 5. The molecule has 2 heterocycles. The van der Waals surface area contributed by atoms with E-state index in [2.05, 4.69) is 26.5 Å². The number of hydrogen-bond donors (Lipinski definition) is 1. The molecule has 3 rings (SSSR count). The summed E-state index contributed by atoms with van der Waals surface area (Å²) in [5, 5.41) is 20.7. The van der Waals surface area contributed by atoms with Gasteiger partial charge in [-0.05, 0) is 55.8 Å². The van der Waals surface area contributed by atoms with Crippen LogP contribution in [0.5, 0.6) is 0 Å². The summed E-state index contributed by atoms with van der Waals surface area (Å²) in [7, 11) is 0. The fraction of sp³-hybridized carbons (Fsp3) is 0.389. The Labute approximate surface area is 147 Å². The molecule has 1 saturated heterocycles. The summed E-state index contributed by atoms with van der Waals surface area (Å²) < 4.78 is 0. The molecule has 2 aromatic rings. The van der Waals surface area contributed by atoms with E-state index in [0.29, 0.717) is 16.8 Å². The number of aromatic nitrogens is 2. The first-order chi connectivity index (χ1) is 11.7. The van der Waals surface area contributed by atoms with E-state index < -0.39 is 0 Å². The SMILES string of the molecule is N#Cc1ccc(CN2CCC(NCc3ccc(Cl)nn3)CC2)cc1. The van der Waals surface area contributed by atoms with E-state index in [-0.39, 0.29) is 0 Å². The van der Waals surface area contributed by atoms with Gasteiger partial charge >= 0.3 is 0 Å². The van der Waals surface area contributed by atoms with Crippen LogP contribution in [0, 0.1) is 11.3 Å². The third-order valence-electron chi connectivity index (χ3n) is 4.34. The Hall–Kier alpha value is -2.00. The maximum absolute atomic E-state index is 8.84. The predicted molar refractivity (Wildman–Crippen MR) is 93.3 cm³/mol. The van der Waals surface area contributed by atoms with E-state index in [0.717, 1.165) is 44.7 Å². The molecule has 6 heteroatoms. The normalized spacial score (nSPS) is 16.0. The molecule has 1 aliphatic heterocycles. The van der Waals surface area contributed by atoms with Gasteiger partial charge in [0.1, 0.15) is 0 Å². The Morgan fingerprint density at radius 2 is 1.88 bits per heavy atom. The number of nitriles is 1. The van der Waals surface area contributed by atoms with Crippen LogP contribution >= 0.6 is 11.6 Å². The van der Waals surface area contributed by atoms with Crippen LogP contribution in [0.1, 0.15) is 29.7 Å². The molecule has 0 atom stereocenters. The van der Waals surface area contributed by atoms with Gasteiger partial charge in [-0.1, -0.05) is 23.7 Å². The van der Waals surface area contributed by atoms with Gasteiger partial charge in [-0.3, -0.25) is 4.90 Å². The average Bonchev–Trinajstić information content (AvgIpc) is 2.63. The van der Waals surface area contributed by atoms with Crippen LogP contribution in [0.25, 0.3) is 0 Å². The Kier molecular flexibility index (Phi) is 5.76. The van der Waals surface area contributed by atoms with Crippen molar-refractivity contribution in [3.05, 3.63) is 58.4 Å². The number of piperidine rings is 1. The minimum absolute atomic E-state index is 0.426. The molecule has 0 aliphatic carbocycles. The summed E-state index contributed by atoms with van der Waals surface area (Å²) in [6, 6.07) is 14.2. The van der Waals surface area contributed by atoms with Crippen LogP contribution in [-0.4, -0.2) is 34.2 Å². The highest BCUT2D eigenvalue weighted by molar-refractivity contribution is 6.29. The van der Waals surface area contributed by atoms with Crippen molar-refractivity contribution in [1.82, 2.24) is 20.4 Å². The molecule has 0 amide bonds. The zero-order chi connectivity index (χ0) is 16.8. The molecule has 0 bridgehead atoms. The van der Waals surface area contributed by atoms with Crippen molar-refractivity contribution in [2.75, 3.05) is 13.1 Å². The van der Waals surface area contributed by atoms with Gasteiger partial charge in [0.05, 0.1) is 17.3 Å². The Bertz CT molecular complexity index is 685. The number of nitrogens with one attached hydrogen (secondary N) is 1. The molecule has 24 heavy (non-hydrogen) atoms. The summed E-state index contributed by atoms with van der Waals surface area (Å²) in [5.41, 5.74) is 2.89. The zero-order valence-corrected chi connectivity index (χ0v) is 14.2. The van der Waals surface area contributed by atoms with Gasteiger partial charge < -0.3 is 5.32 Å². The second kappa shape index (κ2) is 8.20. The average molecular weight is 342 g/mol. The first kappa shape index (κ1) is 16.8. The molecule has 0 spiro atoms. The molecule has 1 aromatic heterocycles. The minimum atomic E-state index is 0.426. The topological polar surface area (TPSA) is 64.8 Å². The molecule has 0 radical (unpaired) electrons. The van der Waals surface area contributed by atoms with Gasteiger partial charge in [-0.15, -0.1) is 5.10 Å². The lowest BCUT2D eigenvalue weighted by atomic mass is 10.0. The highest BCUT2D eigenvalue weighted by Crippen LogP contribution is 2.15. The number of benzene rings is 1. The molecule has 0 saturated carbocycles. The lowest BCUT2D eigenvalue weighted by molar-refractivity contribution is 0.190. The predicted octanol–water partition coefficient (Wildman–Crippen LogP) is 2.76. The molecule has 124 valence electrons. The molecule has 1 N–H and O–H groups in total. The van der Waals surface area contributed by atoms with Crippen molar-refractivity contribution in [2.24, 2.45) is 0 Å². The van der Waals surface area contributed by atoms with Gasteiger partial charge in [0.15, 0.2) is 5.15 Å². The standard InChI is InChI=1S/C18H20ClN5/c19-18-6-5-17(22-23-18)12-21-16-7-9-24(10-8-16)13-15-3-1-14(11-20)2-4-15/h1-6,16,21H,7-10,12-13H2. The Morgan fingerprint density at radius 1 is 1.12 bits per heavy atom. The smallest absolute Gasteiger partial charge is 0.151 e. The van der Waals surface area contributed by atoms with Gasteiger partial charge in [0.2, 0.25) is 0 Å². The lowest BCUT2D eigenvalue weighted by Crippen LogP contribution is -2.41. The van der Waals surface area contributed by atoms with Crippen molar-refractivity contribution in [1.29, 1.82) is 5.26 Å². The highest BCUT2D eigenvalue weighted by Gasteiger charge is 2.18. The molecular weight excluding hydrogens is 322 g/mol. The van der Waals surface area contributed by atoms with E-state index in [9.17, 15) is 0 Å². The van der Waals surface area contributed by atoms with Crippen LogP contribution < -0.4 is 5.32 Å². The molecule has 1 aliphatic rings. The van der Waals surface area contributed by atoms with Crippen LogP contribution in [0.3, 0.4) is 0 Å². The fourth-order valence-electron chi connectivity index (χ4n) is 2.92. The quantitative estimate of drug-likeness (QED) is 0.905. The second-order valence-electron chi connectivity index (χ2n) is 6.09. The monoisotopic (exact) mass is 341 g/mol. The summed E-state index contributed by atoms with van der Waals surface area (Å²) in [6.45, 7) is 3.82. The molecule has 5 nitrogen and oxygen atoms in total. The van der Waals surface area contributed by atoms with Crippen LogP contribution in [-0.2, 0) is 13.1 Å². The minimum Gasteiger partial charge on any atom is -0.308 e. The Balaban J connectivity index is 1.42. The number of likely N-dealkylation sites (tertiary alicyclic amines) is 1. The molecular formula is C18H20ClN5. The fourth-order valence-corrected chi connectivity index (χ4v) is 3.03. The van der Waals surface area contributed by atoms with E-state index in [1.807, 2.05) is 30.3 Å². The number of nitrogens with zero attached hydrogens (tertiary/aromatic N) is 4. The van der Waals surface area contributed by atoms with Crippen LogP contribution in [0.15, 0.2) is 36.4 Å². The van der Waals surface area contributed by atoms with Gasteiger partial charge in [-0.2, -0.15) is 10.4 Å². The molecule has 0 unspecified atom stereocenters. The van der Waals surface area contributed by atoms with Crippen molar-refractivity contribution >= 4 is 11.6 Å². The van der Waals surface area contributed by atoms with E-state index >= 15 is 0 Å². The maximum atomic E-state index is 8.84. The summed E-state index contributed by atoms with van der Waals surface area (Å²) in [6.07, 6.45) is 2.24. The first-order valence-corrected chi connectivity index (χ1v) is 8.53. The second-order valence-corrected chi connectivity index (χ2v) is 6.47. The Morgan fingerprint density at radius 3 is 2.50 bits per heavy atom. The van der Waals surface area contributed by atoms with Crippen LogP contribution in [0.2, 0.25) is 5.15 Å². The van der Waals surface area contributed by atoms with E-state index in [4.69, 9.17) is 16.9 Å². The van der Waals surface area contributed by atoms with E-state index in [1.165, 1.54) is 5.56 Å². The van der Waals surface area contributed by atoms with Crippen molar-refractivity contribution < 1.29 is 0 Å². The third kappa shape index (κ3) is 4.75. The summed E-state index contributed by atoms with van der Waals surface area (Å²) >= 11 is 5.74.